The predicted octanol–water partition coefficient (Wildman–Crippen LogP) is 4.47. The van der Waals surface area contributed by atoms with Crippen molar-refractivity contribution >= 4 is 33.2 Å². The first-order valence-corrected chi connectivity index (χ1v) is 12.2. The molecule has 1 aliphatic carbocycles. The molecule has 0 aromatic heterocycles. The molecule has 172 valence electrons. The van der Waals surface area contributed by atoms with Crippen molar-refractivity contribution in [2.75, 3.05) is 18.4 Å². The monoisotopic (exact) mass is 484 g/mol. The van der Waals surface area contributed by atoms with Crippen LogP contribution in [0.3, 0.4) is 0 Å². The summed E-state index contributed by atoms with van der Waals surface area (Å²) in [6, 6.07) is 9.37. The van der Waals surface area contributed by atoms with Crippen molar-refractivity contribution in [3.05, 3.63) is 52.5 Å². The SMILES string of the molecule is O=C(Nc1ccc(OC(F)F)c(Cl)c1)C1CCN(S(=O)(=O)c2ccc3c(c2)CCC3)CC1. The number of amides is 1. The molecule has 1 N–H and O–H groups in total. The van der Waals surface area contributed by atoms with Crippen LogP contribution in [0.15, 0.2) is 41.3 Å². The lowest BCUT2D eigenvalue weighted by Crippen LogP contribution is -2.41. The molecule has 0 saturated carbocycles. The van der Waals surface area contributed by atoms with E-state index in [1.807, 2.05) is 6.07 Å². The number of nitrogens with one attached hydrogen (secondary N) is 1. The highest BCUT2D eigenvalue weighted by atomic mass is 35.5. The van der Waals surface area contributed by atoms with E-state index in [4.69, 9.17) is 11.6 Å². The van der Waals surface area contributed by atoms with E-state index < -0.39 is 16.6 Å². The smallest absolute Gasteiger partial charge is 0.387 e. The maximum absolute atomic E-state index is 13.0. The molecular formula is C22H23ClF2N2O4S. The average Bonchev–Trinajstić information content (AvgIpc) is 3.23. The molecule has 2 aromatic rings. The van der Waals surface area contributed by atoms with Gasteiger partial charge in [0, 0.05) is 24.7 Å². The molecule has 0 spiro atoms. The molecule has 1 heterocycles. The Morgan fingerprint density at radius 3 is 2.50 bits per heavy atom. The van der Waals surface area contributed by atoms with Crippen LogP contribution in [0.5, 0.6) is 5.75 Å². The lowest BCUT2D eigenvalue weighted by atomic mass is 9.97. The Hall–Kier alpha value is -2.23. The van der Waals surface area contributed by atoms with Gasteiger partial charge in [-0.15, -0.1) is 0 Å². The predicted molar refractivity (Wildman–Crippen MR) is 117 cm³/mol. The summed E-state index contributed by atoms with van der Waals surface area (Å²) < 4.78 is 56.5. The highest BCUT2D eigenvalue weighted by Crippen LogP contribution is 2.31. The fraction of sp³-hybridized carbons (Fsp3) is 0.409. The molecule has 32 heavy (non-hydrogen) atoms. The first-order valence-electron chi connectivity index (χ1n) is 10.4. The third-order valence-corrected chi connectivity index (χ3v) is 8.14. The number of fused-ring (bicyclic) bond motifs is 1. The quantitative estimate of drug-likeness (QED) is 0.656. The largest absolute Gasteiger partial charge is 0.433 e. The van der Waals surface area contributed by atoms with Crippen LogP contribution in [0.4, 0.5) is 14.5 Å². The molecule has 6 nitrogen and oxygen atoms in total. The van der Waals surface area contributed by atoms with Crippen molar-refractivity contribution in [1.82, 2.24) is 4.31 Å². The molecule has 2 aliphatic rings. The summed E-state index contributed by atoms with van der Waals surface area (Å²) in [7, 11) is -3.60. The molecule has 1 fully saturated rings. The number of nitrogens with zero attached hydrogens (tertiary/aromatic N) is 1. The van der Waals surface area contributed by atoms with Gasteiger partial charge in [-0.1, -0.05) is 17.7 Å². The van der Waals surface area contributed by atoms with Crippen molar-refractivity contribution in [1.29, 1.82) is 0 Å². The van der Waals surface area contributed by atoms with Crippen molar-refractivity contribution < 1.29 is 26.7 Å². The zero-order valence-corrected chi connectivity index (χ0v) is 18.8. The number of hydrogen-bond acceptors (Lipinski definition) is 4. The van der Waals surface area contributed by atoms with Crippen LogP contribution in [0.1, 0.15) is 30.4 Å². The van der Waals surface area contributed by atoms with E-state index in [9.17, 15) is 22.0 Å². The van der Waals surface area contributed by atoms with Crippen LogP contribution >= 0.6 is 11.6 Å². The maximum atomic E-state index is 13.0. The first-order chi connectivity index (χ1) is 15.2. The van der Waals surface area contributed by atoms with Crippen molar-refractivity contribution in [2.45, 2.75) is 43.6 Å². The second-order valence-corrected chi connectivity index (χ2v) is 10.3. The third-order valence-electron chi connectivity index (χ3n) is 5.95. The molecule has 4 rings (SSSR count). The van der Waals surface area contributed by atoms with E-state index in [-0.39, 0.29) is 35.7 Å². The van der Waals surface area contributed by atoms with Crippen LogP contribution in [-0.4, -0.2) is 38.3 Å². The molecule has 10 heteroatoms. The minimum absolute atomic E-state index is 0.0432. The number of benzene rings is 2. The number of piperidine rings is 1. The highest BCUT2D eigenvalue weighted by Gasteiger charge is 2.32. The molecule has 1 aliphatic heterocycles. The Morgan fingerprint density at radius 1 is 1.09 bits per heavy atom. The van der Waals surface area contributed by atoms with Gasteiger partial charge in [-0.25, -0.2) is 8.42 Å². The second-order valence-electron chi connectivity index (χ2n) is 7.98. The van der Waals surface area contributed by atoms with Crippen LogP contribution in [0.2, 0.25) is 5.02 Å². The van der Waals surface area contributed by atoms with Crippen LogP contribution < -0.4 is 10.1 Å². The van der Waals surface area contributed by atoms with Gasteiger partial charge >= 0.3 is 6.61 Å². The lowest BCUT2D eigenvalue weighted by molar-refractivity contribution is -0.120. The molecule has 2 aromatic carbocycles. The lowest BCUT2D eigenvalue weighted by Gasteiger charge is -2.30. The summed E-state index contributed by atoms with van der Waals surface area (Å²) in [5.74, 6) is -0.805. The molecule has 0 unspecified atom stereocenters. The molecule has 0 atom stereocenters. The van der Waals surface area contributed by atoms with E-state index in [0.717, 1.165) is 24.8 Å². The Bertz CT molecular complexity index is 1120. The number of rotatable bonds is 6. The van der Waals surface area contributed by atoms with E-state index in [2.05, 4.69) is 10.1 Å². The minimum atomic E-state index is -3.60. The van der Waals surface area contributed by atoms with Gasteiger partial charge < -0.3 is 10.1 Å². The number of carbonyl (C=O) groups excluding carboxylic acids is 1. The number of anilines is 1. The number of carbonyl (C=O) groups is 1. The number of alkyl halides is 2. The van der Waals surface area contributed by atoms with Crippen molar-refractivity contribution in [2.24, 2.45) is 5.92 Å². The number of hydrogen-bond donors (Lipinski definition) is 1. The average molecular weight is 485 g/mol. The summed E-state index contributed by atoms with van der Waals surface area (Å²) in [4.78, 5) is 12.9. The normalized spacial score (nSPS) is 17.4. The standard InChI is InChI=1S/C22H23ClF2N2O4S/c23-19-13-17(5-7-20(19)31-22(24)25)26-21(28)15-8-10-27(11-9-15)32(29,30)18-6-4-14-2-1-3-16(14)12-18/h4-7,12-13,15,22H,1-3,8-11H2,(H,26,28). The fourth-order valence-electron chi connectivity index (χ4n) is 4.23. The number of ether oxygens (including phenoxy) is 1. The van der Waals surface area contributed by atoms with Crippen LogP contribution in [-0.2, 0) is 27.7 Å². The summed E-state index contributed by atoms with van der Waals surface area (Å²) in [6.07, 6.45) is 3.71. The zero-order valence-electron chi connectivity index (χ0n) is 17.2. The Kier molecular flexibility index (Phi) is 6.69. The van der Waals surface area contributed by atoms with Crippen molar-refractivity contribution in [3.63, 3.8) is 0 Å². The minimum Gasteiger partial charge on any atom is -0.433 e. The maximum Gasteiger partial charge on any atom is 0.387 e. The number of aryl methyl sites for hydroxylation is 2. The first kappa shape index (κ1) is 22.9. The molecular weight excluding hydrogens is 462 g/mol. The van der Waals surface area contributed by atoms with Gasteiger partial charge in [0.2, 0.25) is 15.9 Å². The van der Waals surface area contributed by atoms with Crippen LogP contribution in [0.25, 0.3) is 0 Å². The van der Waals surface area contributed by atoms with E-state index in [0.29, 0.717) is 23.4 Å². The highest BCUT2D eigenvalue weighted by molar-refractivity contribution is 7.89. The summed E-state index contributed by atoms with van der Waals surface area (Å²) >= 11 is 5.92. The molecule has 1 amide bonds. The van der Waals surface area contributed by atoms with Gasteiger partial charge in [0.25, 0.3) is 0 Å². The zero-order chi connectivity index (χ0) is 22.9. The number of sulfonamides is 1. The third kappa shape index (κ3) is 4.89. The van der Waals surface area contributed by atoms with Crippen molar-refractivity contribution in [3.8, 4) is 5.75 Å². The Morgan fingerprint density at radius 2 is 1.81 bits per heavy atom. The van der Waals surface area contributed by atoms with Gasteiger partial charge in [0.15, 0.2) is 0 Å². The van der Waals surface area contributed by atoms with Gasteiger partial charge in [0.05, 0.1) is 9.92 Å². The fourth-order valence-corrected chi connectivity index (χ4v) is 5.98. The van der Waals surface area contributed by atoms with Gasteiger partial charge in [-0.2, -0.15) is 13.1 Å². The molecule has 0 bridgehead atoms. The Balaban J connectivity index is 1.36. The van der Waals surface area contributed by atoms with E-state index in [1.165, 1.54) is 28.1 Å². The van der Waals surface area contributed by atoms with Gasteiger partial charge in [-0.05, 0) is 73.6 Å². The van der Waals surface area contributed by atoms with E-state index in [1.54, 1.807) is 12.1 Å². The van der Waals surface area contributed by atoms with Crippen LogP contribution in [0, 0.1) is 5.92 Å². The molecule has 1 saturated heterocycles. The summed E-state index contributed by atoms with van der Waals surface area (Å²) in [5.41, 5.74) is 2.67. The topological polar surface area (TPSA) is 75.7 Å². The molecule has 0 radical (unpaired) electrons. The van der Waals surface area contributed by atoms with Gasteiger partial charge in [-0.3, -0.25) is 4.79 Å². The summed E-state index contributed by atoms with van der Waals surface area (Å²) in [5, 5.41) is 2.67. The second kappa shape index (κ2) is 9.33. The summed E-state index contributed by atoms with van der Waals surface area (Å²) in [6.45, 7) is -2.50. The number of halogens is 3. The Labute approximate surface area is 190 Å². The van der Waals surface area contributed by atoms with Gasteiger partial charge in [0.1, 0.15) is 5.75 Å². The van der Waals surface area contributed by atoms with E-state index >= 15 is 0 Å².